The summed E-state index contributed by atoms with van der Waals surface area (Å²) in [5, 5.41) is 3.30. The van der Waals surface area contributed by atoms with Gasteiger partial charge in [-0.3, -0.25) is 0 Å². The van der Waals surface area contributed by atoms with E-state index in [1.807, 2.05) is 14.0 Å². The summed E-state index contributed by atoms with van der Waals surface area (Å²) in [6, 6.07) is 9.04. The molecule has 0 aliphatic rings. The molecule has 1 aromatic carbocycles. The Morgan fingerprint density at radius 1 is 1.31 bits per heavy atom. The van der Waals surface area contributed by atoms with Gasteiger partial charge in [-0.05, 0) is 44.9 Å². The minimum Gasteiger partial charge on any atom is -0.380 e. The summed E-state index contributed by atoms with van der Waals surface area (Å²) in [6.07, 6.45) is 2.24. The fraction of sp³-hybridized carbons (Fsp3) is 0.571. The largest absolute Gasteiger partial charge is 0.380 e. The average molecular weight is 221 g/mol. The quantitative estimate of drug-likeness (QED) is 0.764. The van der Waals surface area contributed by atoms with Crippen LogP contribution in [0.4, 0.5) is 0 Å². The van der Waals surface area contributed by atoms with Gasteiger partial charge >= 0.3 is 0 Å². The summed E-state index contributed by atoms with van der Waals surface area (Å²) in [4.78, 5) is 0. The first-order chi connectivity index (χ1) is 7.77. The van der Waals surface area contributed by atoms with Gasteiger partial charge in [0, 0.05) is 12.6 Å². The topological polar surface area (TPSA) is 21.3 Å². The van der Waals surface area contributed by atoms with Gasteiger partial charge in [0.1, 0.15) is 0 Å². The fourth-order valence-electron chi connectivity index (χ4n) is 1.79. The monoisotopic (exact) mass is 221 g/mol. The predicted octanol–water partition coefficient (Wildman–Crippen LogP) is 2.55. The second-order valence-electron chi connectivity index (χ2n) is 4.11. The predicted molar refractivity (Wildman–Crippen MR) is 68.8 cm³/mol. The van der Waals surface area contributed by atoms with Gasteiger partial charge in [-0.25, -0.2) is 0 Å². The van der Waals surface area contributed by atoms with E-state index < -0.39 is 0 Å². The molecule has 16 heavy (non-hydrogen) atoms. The molecule has 0 saturated heterocycles. The summed E-state index contributed by atoms with van der Waals surface area (Å²) in [5.41, 5.74) is 2.83. The van der Waals surface area contributed by atoms with Gasteiger partial charge in [0.05, 0.1) is 6.61 Å². The zero-order valence-electron chi connectivity index (χ0n) is 10.6. The Labute approximate surface area is 99.0 Å². The average Bonchev–Trinajstić information content (AvgIpc) is 2.31. The van der Waals surface area contributed by atoms with Gasteiger partial charge in [0.25, 0.3) is 0 Å². The zero-order valence-corrected chi connectivity index (χ0v) is 10.6. The first-order valence-corrected chi connectivity index (χ1v) is 6.07. The molecule has 0 amide bonds. The number of hydrogen-bond acceptors (Lipinski definition) is 2. The summed E-state index contributed by atoms with van der Waals surface area (Å²) >= 11 is 0. The first-order valence-electron chi connectivity index (χ1n) is 6.07. The molecule has 2 heteroatoms. The Bertz CT molecular complexity index is 299. The van der Waals surface area contributed by atoms with Crippen molar-refractivity contribution in [2.45, 2.75) is 32.7 Å². The highest BCUT2D eigenvalue weighted by Gasteiger charge is 2.06. The molecule has 90 valence electrons. The molecule has 0 fully saturated rings. The van der Waals surface area contributed by atoms with E-state index in [0.717, 1.165) is 26.1 Å². The molecule has 0 aliphatic heterocycles. The van der Waals surface area contributed by atoms with Crippen LogP contribution < -0.4 is 5.32 Å². The van der Waals surface area contributed by atoms with Crippen LogP contribution in [0, 0.1) is 6.92 Å². The lowest BCUT2D eigenvalue weighted by molar-refractivity contribution is 0.122. The number of ether oxygens (including phenoxy) is 1. The maximum atomic E-state index is 5.44. The van der Waals surface area contributed by atoms with Crippen LogP contribution in [0.3, 0.4) is 0 Å². The van der Waals surface area contributed by atoms with Crippen molar-refractivity contribution >= 4 is 0 Å². The van der Waals surface area contributed by atoms with Gasteiger partial charge < -0.3 is 10.1 Å². The Hall–Kier alpha value is -0.860. The highest BCUT2D eigenvalue weighted by atomic mass is 16.5. The Morgan fingerprint density at radius 3 is 2.69 bits per heavy atom. The summed E-state index contributed by atoms with van der Waals surface area (Å²) in [5.74, 6) is 0. The van der Waals surface area contributed by atoms with Crippen LogP contribution in [0.5, 0.6) is 0 Å². The first kappa shape index (κ1) is 13.2. The van der Waals surface area contributed by atoms with Crippen LogP contribution in [0.1, 0.15) is 24.5 Å². The van der Waals surface area contributed by atoms with Gasteiger partial charge in [-0.15, -0.1) is 0 Å². The van der Waals surface area contributed by atoms with Crippen LogP contribution in [-0.2, 0) is 11.2 Å². The lowest BCUT2D eigenvalue weighted by Crippen LogP contribution is -2.30. The molecule has 0 saturated carbocycles. The molecule has 0 aromatic heterocycles. The van der Waals surface area contributed by atoms with Crippen LogP contribution in [-0.4, -0.2) is 26.3 Å². The molecule has 1 atom stereocenters. The van der Waals surface area contributed by atoms with E-state index in [0.29, 0.717) is 6.04 Å². The molecule has 2 nitrogen and oxygen atoms in total. The van der Waals surface area contributed by atoms with E-state index in [2.05, 4.69) is 36.5 Å². The molecular formula is C14H23NO. The van der Waals surface area contributed by atoms with E-state index in [1.54, 1.807) is 0 Å². The van der Waals surface area contributed by atoms with Crippen molar-refractivity contribution in [1.29, 1.82) is 0 Å². The van der Waals surface area contributed by atoms with Gasteiger partial charge in [0.15, 0.2) is 0 Å². The van der Waals surface area contributed by atoms with Crippen molar-refractivity contribution in [2.24, 2.45) is 0 Å². The molecule has 0 aliphatic carbocycles. The lowest BCUT2D eigenvalue weighted by atomic mass is 10.0. The SMILES string of the molecule is CCOCC(CCc1ccccc1C)NC. The van der Waals surface area contributed by atoms with E-state index in [1.165, 1.54) is 11.1 Å². The molecule has 0 spiro atoms. The van der Waals surface area contributed by atoms with E-state index in [-0.39, 0.29) is 0 Å². The highest BCUT2D eigenvalue weighted by Crippen LogP contribution is 2.10. The Kier molecular flexibility index (Phi) is 6.12. The van der Waals surface area contributed by atoms with E-state index in [9.17, 15) is 0 Å². The molecule has 1 N–H and O–H groups in total. The number of benzene rings is 1. The van der Waals surface area contributed by atoms with Crippen LogP contribution >= 0.6 is 0 Å². The van der Waals surface area contributed by atoms with Gasteiger partial charge in [-0.2, -0.15) is 0 Å². The molecule has 0 radical (unpaired) electrons. The Balaban J connectivity index is 2.40. The lowest BCUT2D eigenvalue weighted by Gasteiger charge is -2.16. The van der Waals surface area contributed by atoms with Crippen molar-refractivity contribution in [3.05, 3.63) is 35.4 Å². The maximum Gasteiger partial charge on any atom is 0.0619 e. The van der Waals surface area contributed by atoms with Crippen molar-refractivity contribution in [3.8, 4) is 0 Å². The number of rotatable bonds is 7. The van der Waals surface area contributed by atoms with E-state index >= 15 is 0 Å². The standard InChI is InChI=1S/C14H23NO/c1-4-16-11-14(15-3)10-9-13-8-6-5-7-12(13)2/h5-8,14-15H,4,9-11H2,1-3H3. The second-order valence-corrected chi connectivity index (χ2v) is 4.11. The number of likely N-dealkylation sites (N-methyl/N-ethyl adjacent to an activating group) is 1. The maximum absolute atomic E-state index is 5.44. The van der Waals surface area contributed by atoms with Crippen molar-refractivity contribution in [1.82, 2.24) is 5.32 Å². The smallest absolute Gasteiger partial charge is 0.0619 e. The zero-order chi connectivity index (χ0) is 11.8. The van der Waals surface area contributed by atoms with Crippen molar-refractivity contribution < 1.29 is 4.74 Å². The molecule has 1 rings (SSSR count). The summed E-state index contributed by atoms with van der Waals surface area (Å²) < 4.78 is 5.44. The molecule has 1 aromatic rings. The molecular weight excluding hydrogens is 198 g/mol. The van der Waals surface area contributed by atoms with Crippen LogP contribution in [0.15, 0.2) is 24.3 Å². The number of aryl methyl sites for hydroxylation is 2. The van der Waals surface area contributed by atoms with Crippen LogP contribution in [0.2, 0.25) is 0 Å². The van der Waals surface area contributed by atoms with Gasteiger partial charge in [0.2, 0.25) is 0 Å². The second kappa shape index (κ2) is 7.42. The fourth-order valence-corrected chi connectivity index (χ4v) is 1.79. The number of hydrogen-bond donors (Lipinski definition) is 1. The molecule has 1 unspecified atom stereocenters. The van der Waals surface area contributed by atoms with Crippen molar-refractivity contribution in [3.63, 3.8) is 0 Å². The van der Waals surface area contributed by atoms with Crippen molar-refractivity contribution in [2.75, 3.05) is 20.3 Å². The number of nitrogens with one attached hydrogen (secondary N) is 1. The third-order valence-corrected chi connectivity index (χ3v) is 2.95. The normalized spacial score (nSPS) is 12.7. The van der Waals surface area contributed by atoms with Gasteiger partial charge in [-0.1, -0.05) is 24.3 Å². The molecule has 0 bridgehead atoms. The van der Waals surface area contributed by atoms with E-state index in [4.69, 9.17) is 4.74 Å². The Morgan fingerprint density at radius 2 is 2.06 bits per heavy atom. The minimum atomic E-state index is 0.458. The highest BCUT2D eigenvalue weighted by molar-refractivity contribution is 5.25. The third kappa shape index (κ3) is 4.33. The summed E-state index contributed by atoms with van der Waals surface area (Å²) in [6.45, 7) is 5.81. The summed E-state index contributed by atoms with van der Waals surface area (Å²) in [7, 11) is 2.00. The minimum absolute atomic E-state index is 0.458. The third-order valence-electron chi connectivity index (χ3n) is 2.95. The van der Waals surface area contributed by atoms with Crippen LogP contribution in [0.25, 0.3) is 0 Å². The molecule has 0 heterocycles.